The number of carbonyl (C=O) groups excluding carboxylic acids is 2. The zero-order chi connectivity index (χ0) is 22.8. The van der Waals surface area contributed by atoms with Gasteiger partial charge in [0.15, 0.2) is 11.5 Å². The molecule has 0 aromatic heterocycles. The lowest BCUT2D eigenvalue weighted by Crippen LogP contribution is -2.43. The Labute approximate surface area is 189 Å². The van der Waals surface area contributed by atoms with Crippen LogP contribution in [-0.4, -0.2) is 57.2 Å². The molecule has 7 nitrogen and oxygen atoms in total. The van der Waals surface area contributed by atoms with Crippen LogP contribution < -0.4 is 19.5 Å². The van der Waals surface area contributed by atoms with Gasteiger partial charge in [0.1, 0.15) is 5.75 Å². The van der Waals surface area contributed by atoms with Gasteiger partial charge in [-0.05, 0) is 49.1 Å². The van der Waals surface area contributed by atoms with E-state index in [1.54, 1.807) is 14.2 Å². The van der Waals surface area contributed by atoms with Crippen molar-refractivity contribution in [2.45, 2.75) is 25.7 Å². The van der Waals surface area contributed by atoms with E-state index in [-0.39, 0.29) is 17.7 Å². The molecule has 2 amide bonds. The number of benzene rings is 2. The quantitative estimate of drug-likeness (QED) is 0.615. The minimum atomic E-state index is -0.0509. The number of methoxy groups -OCH3 is 2. The first kappa shape index (κ1) is 23.4. The maximum Gasteiger partial charge on any atom is 0.225 e. The predicted molar refractivity (Wildman–Crippen MR) is 122 cm³/mol. The van der Waals surface area contributed by atoms with Crippen molar-refractivity contribution in [2.24, 2.45) is 5.92 Å². The number of nitrogens with one attached hydrogen (secondary N) is 1. The van der Waals surface area contributed by atoms with Crippen molar-refractivity contribution in [1.82, 2.24) is 10.2 Å². The van der Waals surface area contributed by atoms with Gasteiger partial charge in [-0.3, -0.25) is 9.59 Å². The highest BCUT2D eigenvalue weighted by molar-refractivity contribution is 5.80. The third-order valence-electron chi connectivity index (χ3n) is 5.71. The molecule has 3 rings (SSSR count). The second-order valence-corrected chi connectivity index (χ2v) is 7.80. The van der Waals surface area contributed by atoms with Crippen LogP contribution in [0.15, 0.2) is 48.5 Å². The van der Waals surface area contributed by atoms with Crippen LogP contribution in [0.2, 0.25) is 0 Å². The van der Waals surface area contributed by atoms with E-state index in [0.717, 1.165) is 11.3 Å². The third kappa shape index (κ3) is 6.64. The van der Waals surface area contributed by atoms with Crippen molar-refractivity contribution in [3.63, 3.8) is 0 Å². The Bertz CT molecular complexity index is 879. The molecular formula is C25H32N2O5. The van der Waals surface area contributed by atoms with Gasteiger partial charge in [-0.15, -0.1) is 0 Å². The van der Waals surface area contributed by atoms with E-state index in [9.17, 15) is 9.59 Å². The monoisotopic (exact) mass is 440 g/mol. The first-order chi connectivity index (χ1) is 15.6. The summed E-state index contributed by atoms with van der Waals surface area (Å²) in [7, 11) is 3.21. The second-order valence-electron chi connectivity index (χ2n) is 7.80. The van der Waals surface area contributed by atoms with Crippen molar-refractivity contribution in [2.75, 3.05) is 40.5 Å². The predicted octanol–water partition coefficient (Wildman–Crippen LogP) is 3.07. The minimum Gasteiger partial charge on any atom is -0.493 e. The molecule has 32 heavy (non-hydrogen) atoms. The number of likely N-dealkylation sites (tertiary alicyclic amines) is 1. The Kier molecular flexibility index (Phi) is 8.78. The van der Waals surface area contributed by atoms with Gasteiger partial charge in [-0.1, -0.05) is 24.3 Å². The molecule has 1 fully saturated rings. The molecule has 1 heterocycles. The fourth-order valence-corrected chi connectivity index (χ4v) is 3.83. The Morgan fingerprint density at radius 1 is 1.00 bits per heavy atom. The molecule has 7 heteroatoms. The maximum absolute atomic E-state index is 12.5. The number of hydrogen-bond donors (Lipinski definition) is 1. The van der Waals surface area contributed by atoms with Crippen molar-refractivity contribution >= 4 is 11.8 Å². The number of amides is 2. The molecular weight excluding hydrogens is 408 g/mol. The molecule has 1 aliphatic heterocycles. The van der Waals surface area contributed by atoms with Gasteiger partial charge in [-0.2, -0.15) is 0 Å². The van der Waals surface area contributed by atoms with E-state index in [0.29, 0.717) is 63.4 Å². The summed E-state index contributed by atoms with van der Waals surface area (Å²) in [5.74, 6) is 2.22. The molecule has 172 valence electrons. The van der Waals surface area contributed by atoms with Gasteiger partial charge in [-0.25, -0.2) is 0 Å². The van der Waals surface area contributed by atoms with Crippen molar-refractivity contribution < 1.29 is 23.8 Å². The van der Waals surface area contributed by atoms with Crippen LogP contribution in [0.1, 0.15) is 24.8 Å². The highest BCUT2D eigenvalue weighted by Gasteiger charge is 2.27. The molecule has 0 unspecified atom stereocenters. The zero-order valence-corrected chi connectivity index (χ0v) is 18.8. The topological polar surface area (TPSA) is 77.1 Å². The number of carbonyl (C=O) groups is 2. The summed E-state index contributed by atoms with van der Waals surface area (Å²) in [6.45, 7) is 2.14. The summed E-state index contributed by atoms with van der Waals surface area (Å²) in [5, 5.41) is 3.03. The summed E-state index contributed by atoms with van der Waals surface area (Å²) in [6, 6.07) is 15.2. The molecule has 1 N–H and O–H groups in total. The molecule has 0 bridgehead atoms. The molecule has 0 radical (unpaired) electrons. The Balaban J connectivity index is 1.34. The molecule has 2 aromatic rings. The number of rotatable bonds is 10. The van der Waals surface area contributed by atoms with Gasteiger partial charge < -0.3 is 24.4 Å². The van der Waals surface area contributed by atoms with Crippen LogP contribution in [0, 0.1) is 5.92 Å². The lowest BCUT2D eigenvalue weighted by molar-refractivity contribution is -0.136. The number of para-hydroxylation sites is 1. The lowest BCUT2D eigenvalue weighted by atomic mass is 9.95. The fourth-order valence-electron chi connectivity index (χ4n) is 3.83. The number of nitrogens with zero attached hydrogens (tertiary/aromatic N) is 1. The van der Waals surface area contributed by atoms with Crippen LogP contribution in [-0.2, 0) is 16.0 Å². The lowest BCUT2D eigenvalue weighted by Gasteiger charge is -2.31. The number of piperidine rings is 1. The van der Waals surface area contributed by atoms with Crippen LogP contribution >= 0.6 is 0 Å². The summed E-state index contributed by atoms with van der Waals surface area (Å²) < 4.78 is 16.2. The minimum absolute atomic E-state index is 0.0509. The van der Waals surface area contributed by atoms with Gasteiger partial charge in [0.05, 0.1) is 27.2 Å². The Morgan fingerprint density at radius 3 is 2.41 bits per heavy atom. The number of ether oxygens (including phenoxy) is 3. The smallest absolute Gasteiger partial charge is 0.225 e. The average Bonchev–Trinajstić information content (AvgIpc) is 2.84. The normalized spacial score (nSPS) is 14.0. The summed E-state index contributed by atoms with van der Waals surface area (Å²) in [4.78, 5) is 26.8. The van der Waals surface area contributed by atoms with Crippen molar-refractivity contribution in [1.29, 1.82) is 0 Å². The summed E-state index contributed by atoms with van der Waals surface area (Å²) in [6.07, 6.45) is 2.43. The van der Waals surface area contributed by atoms with Crippen LogP contribution in [0.25, 0.3) is 0 Å². The van der Waals surface area contributed by atoms with Gasteiger partial charge in [0.25, 0.3) is 0 Å². The van der Waals surface area contributed by atoms with Crippen LogP contribution in [0.4, 0.5) is 0 Å². The van der Waals surface area contributed by atoms with Crippen LogP contribution in [0.5, 0.6) is 17.2 Å². The molecule has 0 spiro atoms. The van der Waals surface area contributed by atoms with E-state index in [1.807, 2.05) is 53.4 Å². The molecule has 2 aromatic carbocycles. The van der Waals surface area contributed by atoms with E-state index in [4.69, 9.17) is 14.2 Å². The second kappa shape index (κ2) is 12.0. The maximum atomic E-state index is 12.5. The molecule has 0 saturated carbocycles. The fraction of sp³-hybridized carbons (Fsp3) is 0.440. The SMILES string of the molecule is COc1ccc(CCNC(=O)C2CCN(C(=O)CCOc3ccccc3)CC2)cc1OC. The van der Waals surface area contributed by atoms with Gasteiger partial charge in [0.2, 0.25) is 11.8 Å². The van der Waals surface area contributed by atoms with Crippen LogP contribution in [0.3, 0.4) is 0 Å². The van der Waals surface area contributed by atoms with Crippen molar-refractivity contribution in [3.05, 3.63) is 54.1 Å². The Morgan fingerprint density at radius 2 is 1.72 bits per heavy atom. The van der Waals surface area contributed by atoms with E-state index >= 15 is 0 Å². The highest BCUT2D eigenvalue weighted by atomic mass is 16.5. The van der Waals surface area contributed by atoms with E-state index in [1.165, 1.54) is 0 Å². The average molecular weight is 441 g/mol. The largest absolute Gasteiger partial charge is 0.493 e. The summed E-state index contributed by atoms with van der Waals surface area (Å²) in [5.41, 5.74) is 1.07. The number of hydrogen-bond acceptors (Lipinski definition) is 5. The van der Waals surface area contributed by atoms with Gasteiger partial charge in [0, 0.05) is 25.6 Å². The standard InChI is InChI=1S/C25H32N2O5/c1-30-22-9-8-19(18-23(22)31-2)10-14-26-25(29)20-11-15-27(16-12-20)24(28)13-17-32-21-6-4-3-5-7-21/h3-9,18,20H,10-17H2,1-2H3,(H,26,29). The Hall–Kier alpha value is -3.22. The molecule has 0 atom stereocenters. The van der Waals surface area contributed by atoms with E-state index in [2.05, 4.69) is 5.32 Å². The summed E-state index contributed by atoms with van der Waals surface area (Å²) >= 11 is 0. The van der Waals surface area contributed by atoms with Gasteiger partial charge >= 0.3 is 0 Å². The zero-order valence-electron chi connectivity index (χ0n) is 18.8. The molecule has 1 saturated heterocycles. The molecule has 0 aliphatic carbocycles. The first-order valence-corrected chi connectivity index (χ1v) is 11.0. The highest BCUT2D eigenvalue weighted by Crippen LogP contribution is 2.27. The van der Waals surface area contributed by atoms with Crippen molar-refractivity contribution in [3.8, 4) is 17.2 Å². The first-order valence-electron chi connectivity index (χ1n) is 11.0. The van der Waals surface area contributed by atoms with E-state index < -0.39 is 0 Å². The third-order valence-corrected chi connectivity index (χ3v) is 5.71. The molecule has 1 aliphatic rings.